The van der Waals surface area contributed by atoms with Crippen LogP contribution in [0.2, 0.25) is 0 Å². The Morgan fingerprint density at radius 3 is 2.64 bits per heavy atom. The van der Waals surface area contributed by atoms with Crippen molar-refractivity contribution < 1.29 is 14.3 Å². The van der Waals surface area contributed by atoms with Crippen molar-refractivity contribution in [3.8, 4) is 0 Å². The summed E-state index contributed by atoms with van der Waals surface area (Å²) in [6, 6.07) is 2.78. The quantitative estimate of drug-likeness (QED) is 0.752. The number of nitrogens with zero attached hydrogens (tertiary/aromatic N) is 1. The summed E-state index contributed by atoms with van der Waals surface area (Å²) in [5.41, 5.74) is -0.127. The summed E-state index contributed by atoms with van der Waals surface area (Å²) in [7, 11) is 0. The average molecular weight is 197 g/mol. The van der Waals surface area contributed by atoms with Crippen LogP contribution < -0.4 is 0 Å². The van der Waals surface area contributed by atoms with E-state index in [4.69, 9.17) is 5.11 Å². The van der Waals surface area contributed by atoms with Crippen LogP contribution in [0, 0.1) is 11.4 Å². The molecule has 0 aliphatic rings. The van der Waals surface area contributed by atoms with Gasteiger partial charge in [0.2, 0.25) is 5.95 Å². The Hall–Kier alpha value is -1.45. The maximum Gasteiger partial charge on any atom is 0.309 e. The second kappa shape index (κ2) is 3.74. The summed E-state index contributed by atoms with van der Waals surface area (Å²) in [6.07, 6.45) is 1.70. The third kappa shape index (κ3) is 2.52. The Morgan fingerprint density at radius 1 is 1.57 bits per heavy atom. The number of aromatic nitrogens is 1. The molecule has 0 bridgehead atoms. The monoisotopic (exact) mass is 197 g/mol. The molecule has 3 nitrogen and oxygen atoms in total. The molecule has 1 heterocycles. The van der Waals surface area contributed by atoms with Crippen molar-refractivity contribution in [3.63, 3.8) is 0 Å². The first kappa shape index (κ1) is 10.6. The van der Waals surface area contributed by atoms with Crippen molar-refractivity contribution in [1.29, 1.82) is 0 Å². The normalized spacial score (nSPS) is 11.4. The van der Waals surface area contributed by atoms with Gasteiger partial charge in [0.25, 0.3) is 0 Å². The number of pyridine rings is 1. The largest absolute Gasteiger partial charge is 0.481 e. The highest BCUT2D eigenvalue weighted by Gasteiger charge is 2.27. The van der Waals surface area contributed by atoms with Crippen molar-refractivity contribution in [2.75, 3.05) is 0 Å². The van der Waals surface area contributed by atoms with E-state index in [2.05, 4.69) is 4.98 Å². The van der Waals surface area contributed by atoms with Gasteiger partial charge in [0.1, 0.15) is 0 Å². The first-order valence-corrected chi connectivity index (χ1v) is 4.25. The molecular weight excluding hydrogens is 185 g/mol. The molecule has 1 N–H and O–H groups in total. The Morgan fingerprint density at radius 2 is 2.21 bits per heavy atom. The van der Waals surface area contributed by atoms with Gasteiger partial charge in [-0.25, -0.2) is 4.98 Å². The van der Waals surface area contributed by atoms with E-state index >= 15 is 0 Å². The van der Waals surface area contributed by atoms with Crippen LogP contribution in [0.1, 0.15) is 19.4 Å². The van der Waals surface area contributed by atoms with Crippen molar-refractivity contribution in [2.24, 2.45) is 5.41 Å². The van der Waals surface area contributed by atoms with Gasteiger partial charge in [-0.15, -0.1) is 0 Å². The van der Waals surface area contributed by atoms with Crippen LogP contribution in [-0.2, 0) is 11.2 Å². The van der Waals surface area contributed by atoms with Gasteiger partial charge in [-0.3, -0.25) is 4.79 Å². The molecule has 0 aliphatic carbocycles. The molecule has 0 unspecified atom stereocenters. The number of aliphatic carboxylic acids is 1. The zero-order valence-corrected chi connectivity index (χ0v) is 8.12. The van der Waals surface area contributed by atoms with Gasteiger partial charge in [-0.05, 0) is 31.9 Å². The molecule has 0 radical (unpaired) electrons. The van der Waals surface area contributed by atoms with E-state index in [-0.39, 0.29) is 0 Å². The van der Waals surface area contributed by atoms with Gasteiger partial charge in [0, 0.05) is 6.20 Å². The zero-order chi connectivity index (χ0) is 10.8. The summed E-state index contributed by atoms with van der Waals surface area (Å²) in [5.74, 6) is -1.43. The molecule has 1 aromatic rings. The second-order valence-corrected chi connectivity index (χ2v) is 3.85. The predicted molar refractivity (Wildman–Crippen MR) is 49.3 cm³/mol. The molecule has 0 saturated carbocycles. The molecule has 1 rings (SSSR count). The van der Waals surface area contributed by atoms with Crippen LogP contribution in [0.5, 0.6) is 0 Å². The van der Waals surface area contributed by atoms with Crippen molar-refractivity contribution >= 4 is 5.97 Å². The lowest BCUT2D eigenvalue weighted by Crippen LogP contribution is -2.26. The maximum absolute atomic E-state index is 12.5. The molecule has 0 aromatic carbocycles. The van der Waals surface area contributed by atoms with Gasteiger partial charge in [0.15, 0.2) is 0 Å². The lowest BCUT2D eigenvalue weighted by atomic mass is 9.86. The van der Waals surface area contributed by atoms with E-state index in [0.717, 1.165) is 5.56 Å². The first-order valence-electron chi connectivity index (χ1n) is 4.25. The molecule has 0 aliphatic heterocycles. The van der Waals surface area contributed by atoms with Crippen LogP contribution in [0.25, 0.3) is 0 Å². The van der Waals surface area contributed by atoms with E-state index in [1.165, 1.54) is 12.3 Å². The van der Waals surface area contributed by atoms with Crippen molar-refractivity contribution in [3.05, 3.63) is 29.8 Å². The van der Waals surface area contributed by atoms with E-state index in [0.29, 0.717) is 6.42 Å². The summed E-state index contributed by atoms with van der Waals surface area (Å²) < 4.78 is 12.5. The van der Waals surface area contributed by atoms with Crippen molar-refractivity contribution in [1.82, 2.24) is 4.98 Å². The van der Waals surface area contributed by atoms with Gasteiger partial charge in [-0.1, -0.05) is 6.07 Å². The Labute approximate surface area is 81.6 Å². The fourth-order valence-electron chi connectivity index (χ4n) is 1.10. The first-order chi connectivity index (χ1) is 6.42. The minimum Gasteiger partial charge on any atom is -0.481 e. The molecule has 0 fully saturated rings. The number of carboxylic acids is 1. The molecule has 14 heavy (non-hydrogen) atoms. The molecule has 0 amide bonds. The summed E-state index contributed by atoms with van der Waals surface area (Å²) >= 11 is 0. The minimum absolute atomic E-state index is 0.343. The van der Waals surface area contributed by atoms with Gasteiger partial charge >= 0.3 is 5.97 Å². The number of carbonyl (C=O) groups is 1. The maximum atomic E-state index is 12.5. The SMILES string of the molecule is CC(C)(Cc1ccc(F)nc1)C(=O)O. The third-order valence-corrected chi connectivity index (χ3v) is 2.01. The molecule has 0 saturated heterocycles. The summed E-state index contributed by atoms with van der Waals surface area (Å²) in [5, 5.41) is 8.86. The van der Waals surface area contributed by atoms with E-state index in [1.54, 1.807) is 19.9 Å². The van der Waals surface area contributed by atoms with E-state index in [1.807, 2.05) is 0 Å². The van der Waals surface area contributed by atoms with Gasteiger partial charge < -0.3 is 5.11 Å². The van der Waals surface area contributed by atoms with E-state index < -0.39 is 17.3 Å². The molecular formula is C10H12FNO2. The number of hydrogen-bond donors (Lipinski definition) is 1. The highest BCUT2D eigenvalue weighted by Crippen LogP contribution is 2.21. The molecule has 76 valence electrons. The number of hydrogen-bond acceptors (Lipinski definition) is 2. The Kier molecular flexibility index (Phi) is 2.84. The Balaban J connectivity index is 2.79. The fourth-order valence-corrected chi connectivity index (χ4v) is 1.10. The highest BCUT2D eigenvalue weighted by atomic mass is 19.1. The zero-order valence-electron chi connectivity index (χ0n) is 8.12. The Bertz CT molecular complexity index is 332. The predicted octanol–water partition coefficient (Wildman–Crippen LogP) is 1.87. The number of carboxylic acid groups (broad SMARTS) is 1. The topological polar surface area (TPSA) is 50.2 Å². The lowest BCUT2D eigenvalue weighted by Gasteiger charge is -2.18. The molecule has 1 aromatic heterocycles. The van der Waals surface area contributed by atoms with Crippen LogP contribution >= 0.6 is 0 Å². The standard InChI is InChI=1S/C10H12FNO2/c1-10(2,9(13)14)5-7-3-4-8(11)12-6-7/h3-4,6H,5H2,1-2H3,(H,13,14). The molecule has 0 atom stereocenters. The summed E-state index contributed by atoms with van der Waals surface area (Å²) in [6.45, 7) is 3.25. The van der Waals surface area contributed by atoms with Crippen molar-refractivity contribution in [2.45, 2.75) is 20.3 Å². The fraction of sp³-hybridized carbons (Fsp3) is 0.400. The lowest BCUT2D eigenvalue weighted by molar-refractivity contribution is -0.146. The van der Waals surface area contributed by atoms with Gasteiger partial charge in [0.05, 0.1) is 5.41 Å². The van der Waals surface area contributed by atoms with Crippen LogP contribution in [0.3, 0.4) is 0 Å². The third-order valence-electron chi connectivity index (χ3n) is 2.01. The number of rotatable bonds is 3. The minimum atomic E-state index is -0.873. The van der Waals surface area contributed by atoms with Gasteiger partial charge in [-0.2, -0.15) is 4.39 Å². The van der Waals surface area contributed by atoms with E-state index in [9.17, 15) is 9.18 Å². The summed E-state index contributed by atoms with van der Waals surface area (Å²) in [4.78, 5) is 14.3. The van der Waals surface area contributed by atoms with Crippen LogP contribution in [-0.4, -0.2) is 16.1 Å². The second-order valence-electron chi connectivity index (χ2n) is 3.85. The number of halogens is 1. The van der Waals surface area contributed by atoms with Crippen LogP contribution in [0.15, 0.2) is 18.3 Å². The van der Waals surface area contributed by atoms with Crippen LogP contribution in [0.4, 0.5) is 4.39 Å². The smallest absolute Gasteiger partial charge is 0.309 e. The molecule has 0 spiro atoms. The highest BCUT2D eigenvalue weighted by molar-refractivity contribution is 5.74. The average Bonchev–Trinajstić information content (AvgIpc) is 2.08. The molecule has 4 heteroatoms.